The molecule has 0 spiro atoms. The smallest absolute Gasteiger partial charge is 0.457 e. The van der Waals surface area contributed by atoms with Gasteiger partial charge in [0.25, 0.3) is 0 Å². The Kier molecular flexibility index (Phi) is 37.1. The second-order valence-electron chi connectivity index (χ2n) is 12.4. The van der Waals surface area contributed by atoms with E-state index in [1.165, 1.54) is 19.3 Å². The number of phosphoric ester groups is 1. The van der Waals surface area contributed by atoms with E-state index >= 15 is 0 Å². The van der Waals surface area contributed by atoms with Crippen molar-refractivity contribution in [2.45, 2.75) is 142 Å². The molecule has 0 saturated carbocycles. The van der Waals surface area contributed by atoms with E-state index in [1.807, 2.05) is 0 Å². The van der Waals surface area contributed by atoms with Crippen molar-refractivity contribution in [3.8, 4) is 0 Å². The average molecular weight is 734 g/mol. The minimum Gasteiger partial charge on any atom is -0.457 e. The van der Waals surface area contributed by atoms with Crippen LogP contribution >= 0.6 is 7.82 Å². The highest BCUT2D eigenvalue weighted by Crippen LogP contribution is 2.43. The summed E-state index contributed by atoms with van der Waals surface area (Å²) in [6.45, 7) is 4.64. The Balaban J connectivity index is 4.00. The topological polar surface area (TPSA) is 117 Å². The van der Waals surface area contributed by atoms with Crippen LogP contribution in [-0.4, -0.2) is 49.9 Å². The number of carbonyl (C=O) groups is 1. The van der Waals surface area contributed by atoms with Gasteiger partial charge >= 0.3 is 13.8 Å². The molecule has 0 aliphatic carbocycles. The van der Waals surface area contributed by atoms with Gasteiger partial charge in [0.05, 0.1) is 19.8 Å². The third kappa shape index (κ3) is 38.7. The lowest BCUT2D eigenvalue weighted by Crippen LogP contribution is -2.28. The SMILES string of the molecule is CC/C=C\C/C=C\C/C=C\C/C=C\C/C=C\C/C=C\C/C=C\CCCCCCOCC(COP(=O)(O)OCCN)OC(=O)CCCCCCCC. The van der Waals surface area contributed by atoms with Crippen molar-refractivity contribution < 1.29 is 32.8 Å². The molecular weight excluding hydrogens is 661 g/mol. The van der Waals surface area contributed by atoms with E-state index in [0.717, 1.165) is 96.3 Å². The molecule has 3 N–H and O–H groups in total. The maximum atomic E-state index is 12.4. The van der Waals surface area contributed by atoms with Crippen molar-refractivity contribution in [2.24, 2.45) is 5.73 Å². The number of hydrogen-bond donors (Lipinski definition) is 2. The lowest BCUT2D eigenvalue weighted by Gasteiger charge is -2.20. The van der Waals surface area contributed by atoms with Gasteiger partial charge in [-0.25, -0.2) is 4.57 Å². The van der Waals surface area contributed by atoms with Crippen LogP contribution in [0, 0.1) is 0 Å². The van der Waals surface area contributed by atoms with Gasteiger partial charge < -0.3 is 20.1 Å². The molecule has 0 bridgehead atoms. The molecule has 51 heavy (non-hydrogen) atoms. The zero-order chi connectivity index (χ0) is 37.4. The molecule has 0 aliphatic heterocycles. The first kappa shape index (κ1) is 48.7. The Labute approximate surface area is 311 Å². The molecule has 0 rings (SSSR count). The Morgan fingerprint density at radius 1 is 0.608 bits per heavy atom. The van der Waals surface area contributed by atoms with E-state index in [9.17, 15) is 14.3 Å². The summed E-state index contributed by atoms with van der Waals surface area (Å²) in [4.78, 5) is 22.2. The Bertz CT molecular complexity index is 1050. The highest BCUT2D eigenvalue weighted by Gasteiger charge is 2.25. The van der Waals surface area contributed by atoms with Crippen LogP contribution in [0.4, 0.5) is 0 Å². The maximum Gasteiger partial charge on any atom is 0.472 e. The molecule has 2 atom stereocenters. The molecule has 0 aliphatic rings. The predicted octanol–water partition coefficient (Wildman–Crippen LogP) is 11.4. The van der Waals surface area contributed by atoms with Crippen LogP contribution in [0.3, 0.4) is 0 Å². The van der Waals surface area contributed by atoms with Gasteiger partial charge in [0.15, 0.2) is 0 Å². The Hall–Kier alpha value is -2.32. The summed E-state index contributed by atoms with van der Waals surface area (Å²) in [5.74, 6) is -0.354. The number of unbranched alkanes of at least 4 members (excludes halogenated alkanes) is 9. The number of nitrogens with two attached hydrogens (primary N) is 1. The van der Waals surface area contributed by atoms with Gasteiger partial charge in [-0.3, -0.25) is 13.8 Å². The Morgan fingerprint density at radius 2 is 1.10 bits per heavy atom. The lowest BCUT2D eigenvalue weighted by atomic mass is 10.1. The standard InChI is InChI=1S/C42H72NO7P/c1-3-5-7-9-11-12-13-14-15-16-17-18-19-20-21-22-23-24-25-26-27-28-29-30-32-34-37-47-39-41(40-49-51(45,46)48-38-36-43)50-42(44)35-33-31-10-8-6-4-2/h5,7,11-12,14-15,17-18,20-21,23-24,26-27,41H,3-4,6,8-10,13,16,19,22,25,28-40,43H2,1-2H3,(H,45,46)/b7-5-,12-11-,15-14-,18-17-,21-20-,24-23-,27-26-. The zero-order valence-electron chi connectivity index (χ0n) is 32.1. The minimum absolute atomic E-state index is 0.0916. The summed E-state index contributed by atoms with van der Waals surface area (Å²) in [7, 11) is -4.27. The van der Waals surface area contributed by atoms with E-state index in [1.54, 1.807) is 0 Å². The molecule has 9 heteroatoms. The van der Waals surface area contributed by atoms with E-state index < -0.39 is 13.9 Å². The molecule has 0 radical (unpaired) electrons. The average Bonchev–Trinajstić information content (AvgIpc) is 3.12. The quantitative estimate of drug-likeness (QED) is 0.0283. The largest absolute Gasteiger partial charge is 0.472 e. The minimum atomic E-state index is -4.27. The van der Waals surface area contributed by atoms with Gasteiger partial charge in [0.1, 0.15) is 6.10 Å². The van der Waals surface area contributed by atoms with Crippen LogP contribution in [0.15, 0.2) is 85.1 Å². The van der Waals surface area contributed by atoms with Gasteiger partial charge in [-0.2, -0.15) is 0 Å². The monoisotopic (exact) mass is 734 g/mol. The highest BCUT2D eigenvalue weighted by atomic mass is 31.2. The summed E-state index contributed by atoms with van der Waals surface area (Å²) >= 11 is 0. The molecule has 2 unspecified atom stereocenters. The van der Waals surface area contributed by atoms with E-state index in [-0.39, 0.29) is 32.3 Å². The number of phosphoric acid groups is 1. The number of hydrogen-bond acceptors (Lipinski definition) is 7. The number of ether oxygens (including phenoxy) is 2. The fraction of sp³-hybridized carbons (Fsp3) is 0.643. The Morgan fingerprint density at radius 3 is 1.65 bits per heavy atom. The van der Waals surface area contributed by atoms with Crippen LogP contribution < -0.4 is 5.73 Å². The summed E-state index contributed by atoms with van der Waals surface area (Å²) < 4.78 is 33.1. The lowest BCUT2D eigenvalue weighted by molar-refractivity contribution is -0.154. The van der Waals surface area contributed by atoms with Crippen LogP contribution in [0.25, 0.3) is 0 Å². The van der Waals surface area contributed by atoms with E-state index in [2.05, 4.69) is 98.9 Å². The van der Waals surface area contributed by atoms with Gasteiger partial charge in [0.2, 0.25) is 0 Å². The van der Waals surface area contributed by atoms with Gasteiger partial charge in [-0.1, -0.05) is 144 Å². The van der Waals surface area contributed by atoms with Crippen LogP contribution in [0.2, 0.25) is 0 Å². The number of allylic oxidation sites excluding steroid dienone is 14. The predicted molar refractivity (Wildman–Crippen MR) is 215 cm³/mol. The van der Waals surface area contributed by atoms with Crippen molar-refractivity contribution in [1.82, 2.24) is 0 Å². The molecule has 0 aromatic carbocycles. The molecule has 0 heterocycles. The molecule has 292 valence electrons. The normalized spacial score (nSPS) is 14.5. The number of esters is 1. The first-order chi connectivity index (χ1) is 24.9. The van der Waals surface area contributed by atoms with Crippen molar-refractivity contribution in [3.05, 3.63) is 85.1 Å². The third-order valence-corrected chi connectivity index (χ3v) is 8.56. The van der Waals surface area contributed by atoms with Crippen LogP contribution in [0.1, 0.15) is 136 Å². The fourth-order valence-corrected chi connectivity index (χ4v) is 5.50. The summed E-state index contributed by atoms with van der Waals surface area (Å²) in [5, 5.41) is 0. The second-order valence-corrected chi connectivity index (χ2v) is 13.9. The van der Waals surface area contributed by atoms with Crippen molar-refractivity contribution in [3.63, 3.8) is 0 Å². The van der Waals surface area contributed by atoms with E-state index in [4.69, 9.17) is 24.3 Å². The maximum absolute atomic E-state index is 12.4. The van der Waals surface area contributed by atoms with Crippen molar-refractivity contribution >= 4 is 13.8 Å². The van der Waals surface area contributed by atoms with Crippen molar-refractivity contribution in [1.29, 1.82) is 0 Å². The number of carbonyl (C=O) groups excluding carboxylic acids is 1. The summed E-state index contributed by atoms with van der Waals surface area (Å²) in [6, 6.07) is 0. The third-order valence-electron chi connectivity index (χ3n) is 7.58. The molecule has 0 aromatic rings. The first-order valence-corrected chi connectivity index (χ1v) is 21.1. The second kappa shape index (κ2) is 38.9. The first-order valence-electron chi connectivity index (χ1n) is 19.6. The molecule has 0 aromatic heterocycles. The van der Waals surface area contributed by atoms with E-state index in [0.29, 0.717) is 13.0 Å². The molecular formula is C42H72NO7P. The van der Waals surface area contributed by atoms with Gasteiger partial charge in [-0.15, -0.1) is 0 Å². The molecule has 0 saturated heterocycles. The van der Waals surface area contributed by atoms with Gasteiger partial charge in [-0.05, 0) is 70.6 Å². The summed E-state index contributed by atoms with van der Waals surface area (Å²) in [5.41, 5.74) is 5.33. The van der Waals surface area contributed by atoms with Crippen LogP contribution in [-0.2, 0) is 27.9 Å². The summed E-state index contributed by atoms with van der Waals surface area (Å²) in [6.07, 6.45) is 49.2. The highest BCUT2D eigenvalue weighted by molar-refractivity contribution is 7.47. The van der Waals surface area contributed by atoms with Crippen molar-refractivity contribution in [2.75, 3.05) is 33.0 Å². The molecule has 0 amide bonds. The van der Waals surface area contributed by atoms with Gasteiger partial charge in [0, 0.05) is 19.6 Å². The molecule has 8 nitrogen and oxygen atoms in total. The molecule has 0 fully saturated rings. The van der Waals surface area contributed by atoms with Crippen LogP contribution in [0.5, 0.6) is 0 Å². The number of rotatable bonds is 36. The fourth-order valence-electron chi connectivity index (χ4n) is 4.74. The zero-order valence-corrected chi connectivity index (χ0v) is 32.9.